The summed E-state index contributed by atoms with van der Waals surface area (Å²) in [6, 6.07) is 0. The number of hydrogen-bond acceptors (Lipinski definition) is 4. The summed E-state index contributed by atoms with van der Waals surface area (Å²) in [6.45, 7) is 0.120. The Bertz CT molecular complexity index is 600. The Hall–Kier alpha value is -1.62. The van der Waals surface area contributed by atoms with Gasteiger partial charge in [-0.2, -0.15) is 26.3 Å². The van der Waals surface area contributed by atoms with Crippen molar-refractivity contribution in [3.63, 3.8) is 0 Å². The van der Waals surface area contributed by atoms with Crippen molar-refractivity contribution in [1.82, 2.24) is 0 Å². The summed E-state index contributed by atoms with van der Waals surface area (Å²) in [4.78, 5) is 23.0. The standard InChI is InChI=1S/C23H36F8O4/c1-2-3-4-5-10-13-16-34-18(32)14-11-8-6-7-9-12-15-19(33)35-17-21(26,27)23(30,31)22(28,29)20(24)25/h20H,2-17H2,1H3. The molecule has 0 aromatic carbocycles. The Morgan fingerprint density at radius 2 is 1.09 bits per heavy atom. The van der Waals surface area contributed by atoms with E-state index in [4.69, 9.17) is 4.74 Å². The molecule has 208 valence electrons. The van der Waals surface area contributed by atoms with E-state index in [0.717, 1.165) is 32.1 Å². The van der Waals surface area contributed by atoms with E-state index < -0.39 is 43.2 Å². The summed E-state index contributed by atoms with van der Waals surface area (Å²) in [7, 11) is 0. The highest BCUT2D eigenvalue weighted by Gasteiger charge is 2.75. The highest BCUT2D eigenvalue weighted by Crippen LogP contribution is 2.48. The first-order chi connectivity index (χ1) is 16.3. The van der Waals surface area contributed by atoms with Gasteiger partial charge in [0.25, 0.3) is 0 Å². The maximum absolute atomic E-state index is 13.3. The lowest BCUT2D eigenvalue weighted by Gasteiger charge is -2.31. The third-order valence-corrected chi connectivity index (χ3v) is 5.34. The van der Waals surface area contributed by atoms with Crippen LogP contribution in [-0.2, 0) is 19.1 Å². The van der Waals surface area contributed by atoms with Gasteiger partial charge in [0, 0.05) is 12.8 Å². The van der Waals surface area contributed by atoms with E-state index in [-0.39, 0.29) is 12.4 Å². The van der Waals surface area contributed by atoms with Crippen LogP contribution in [0.3, 0.4) is 0 Å². The van der Waals surface area contributed by atoms with E-state index in [1.807, 2.05) is 0 Å². The zero-order valence-electron chi connectivity index (χ0n) is 20.0. The SMILES string of the molecule is CCCCCCCCOC(=O)CCCCCCCCC(=O)OCC(F)(F)C(F)(F)C(F)(F)C(F)F. The Morgan fingerprint density at radius 3 is 1.57 bits per heavy atom. The summed E-state index contributed by atoms with van der Waals surface area (Å²) in [5.74, 6) is -19.9. The number of rotatable bonds is 21. The first kappa shape index (κ1) is 33.4. The first-order valence-electron chi connectivity index (χ1n) is 12.0. The lowest BCUT2D eigenvalue weighted by molar-refractivity contribution is -0.344. The molecule has 0 saturated carbocycles. The summed E-state index contributed by atoms with van der Waals surface area (Å²) in [5, 5.41) is 0. The van der Waals surface area contributed by atoms with Crippen LogP contribution in [0.15, 0.2) is 0 Å². The number of halogens is 8. The number of carbonyl (C=O) groups is 2. The fourth-order valence-corrected chi connectivity index (χ4v) is 3.10. The molecule has 0 fully saturated rings. The topological polar surface area (TPSA) is 52.6 Å². The van der Waals surface area contributed by atoms with E-state index in [1.54, 1.807) is 0 Å². The Morgan fingerprint density at radius 1 is 0.657 bits per heavy atom. The van der Waals surface area contributed by atoms with Gasteiger partial charge in [-0.25, -0.2) is 8.78 Å². The van der Waals surface area contributed by atoms with Crippen molar-refractivity contribution >= 4 is 11.9 Å². The summed E-state index contributed by atoms with van der Waals surface area (Å²) >= 11 is 0. The highest BCUT2D eigenvalue weighted by molar-refractivity contribution is 5.69. The molecule has 0 heterocycles. The zero-order chi connectivity index (χ0) is 27.0. The average molecular weight is 529 g/mol. The molecule has 35 heavy (non-hydrogen) atoms. The second kappa shape index (κ2) is 16.9. The molecule has 0 aromatic heterocycles. The molecule has 0 bridgehead atoms. The maximum Gasteiger partial charge on any atom is 0.381 e. The molecule has 0 radical (unpaired) electrons. The Kier molecular flexibility index (Phi) is 16.2. The van der Waals surface area contributed by atoms with Gasteiger partial charge < -0.3 is 9.47 Å². The normalized spacial score (nSPS) is 12.7. The van der Waals surface area contributed by atoms with Gasteiger partial charge in [-0.1, -0.05) is 64.7 Å². The molecule has 12 heteroatoms. The van der Waals surface area contributed by atoms with Crippen molar-refractivity contribution < 1.29 is 54.2 Å². The number of carbonyl (C=O) groups excluding carboxylic acids is 2. The Labute approximate surface area is 201 Å². The van der Waals surface area contributed by atoms with Crippen molar-refractivity contribution in [1.29, 1.82) is 0 Å². The minimum absolute atomic E-state index is 0.175. The van der Waals surface area contributed by atoms with E-state index in [1.165, 1.54) is 19.3 Å². The molecule has 0 rings (SSSR count). The first-order valence-corrected chi connectivity index (χ1v) is 12.0. The molecule has 4 nitrogen and oxygen atoms in total. The molecule has 0 aliphatic heterocycles. The van der Waals surface area contributed by atoms with Crippen LogP contribution >= 0.6 is 0 Å². The smallest absolute Gasteiger partial charge is 0.381 e. The number of esters is 2. The highest BCUT2D eigenvalue weighted by atomic mass is 19.4. The predicted octanol–water partition coefficient (Wildman–Crippen LogP) is 7.73. The van der Waals surface area contributed by atoms with Crippen LogP contribution in [0.5, 0.6) is 0 Å². The van der Waals surface area contributed by atoms with Crippen LogP contribution in [0.4, 0.5) is 35.1 Å². The van der Waals surface area contributed by atoms with Crippen LogP contribution in [0, 0.1) is 0 Å². The van der Waals surface area contributed by atoms with Gasteiger partial charge in [-0.15, -0.1) is 0 Å². The maximum atomic E-state index is 13.3. The molecular formula is C23H36F8O4. The zero-order valence-corrected chi connectivity index (χ0v) is 20.0. The minimum atomic E-state index is -6.39. The average Bonchev–Trinajstić information content (AvgIpc) is 2.78. The van der Waals surface area contributed by atoms with Gasteiger partial charge >= 0.3 is 36.1 Å². The second-order valence-corrected chi connectivity index (χ2v) is 8.47. The molecule has 0 N–H and O–H groups in total. The van der Waals surface area contributed by atoms with Crippen molar-refractivity contribution in [2.75, 3.05) is 13.2 Å². The predicted molar refractivity (Wildman–Crippen MR) is 113 cm³/mol. The van der Waals surface area contributed by atoms with Gasteiger partial charge in [-0.05, 0) is 19.3 Å². The molecule has 0 aliphatic rings. The quantitative estimate of drug-likeness (QED) is 0.0869. The van der Waals surface area contributed by atoms with E-state index >= 15 is 0 Å². The molecule has 0 saturated heterocycles. The number of unbranched alkanes of at least 4 members (excludes halogenated alkanes) is 10. The third-order valence-electron chi connectivity index (χ3n) is 5.34. The van der Waals surface area contributed by atoms with E-state index in [9.17, 15) is 44.7 Å². The molecule has 0 amide bonds. The van der Waals surface area contributed by atoms with Gasteiger partial charge in [0.15, 0.2) is 6.61 Å². The van der Waals surface area contributed by atoms with Crippen molar-refractivity contribution in [3.8, 4) is 0 Å². The fourth-order valence-electron chi connectivity index (χ4n) is 3.10. The molecule has 0 spiro atoms. The molecule has 0 atom stereocenters. The van der Waals surface area contributed by atoms with Crippen LogP contribution in [0.2, 0.25) is 0 Å². The molecule has 0 aliphatic carbocycles. The van der Waals surface area contributed by atoms with Crippen molar-refractivity contribution in [3.05, 3.63) is 0 Å². The van der Waals surface area contributed by atoms with Gasteiger partial charge in [0.05, 0.1) is 6.61 Å². The molecule has 0 unspecified atom stereocenters. The summed E-state index contributed by atoms with van der Waals surface area (Å²) in [5.41, 5.74) is 0. The number of ether oxygens (including phenoxy) is 2. The summed E-state index contributed by atoms with van der Waals surface area (Å²) < 4.78 is 111. The lowest BCUT2D eigenvalue weighted by Crippen LogP contribution is -2.59. The van der Waals surface area contributed by atoms with E-state index in [2.05, 4.69) is 11.7 Å². The lowest BCUT2D eigenvalue weighted by atomic mass is 10.1. The molecular weight excluding hydrogens is 492 g/mol. The van der Waals surface area contributed by atoms with Crippen LogP contribution in [0.1, 0.15) is 96.8 Å². The van der Waals surface area contributed by atoms with E-state index in [0.29, 0.717) is 32.3 Å². The third kappa shape index (κ3) is 12.8. The van der Waals surface area contributed by atoms with Crippen LogP contribution in [0.25, 0.3) is 0 Å². The number of hydrogen-bond donors (Lipinski definition) is 0. The van der Waals surface area contributed by atoms with Gasteiger partial charge in [0.1, 0.15) is 0 Å². The Balaban J connectivity index is 3.84. The van der Waals surface area contributed by atoms with Crippen molar-refractivity contribution in [2.24, 2.45) is 0 Å². The van der Waals surface area contributed by atoms with Gasteiger partial charge in [-0.3, -0.25) is 9.59 Å². The van der Waals surface area contributed by atoms with Crippen LogP contribution < -0.4 is 0 Å². The largest absolute Gasteiger partial charge is 0.466 e. The van der Waals surface area contributed by atoms with Crippen molar-refractivity contribution in [2.45, 2.75) is 121 Å². The second-order valence-electron chi connectivity index (χ2n) is 8.47. The van der Waals surface area contributed by atoms with Gasteiger partial charge in [0.2, 0.25) is 0 Å². The van der Waals surface area contributed by atoms with Crippen LogP contribution in [-0.4, -0.2) is 49.3 Å². The minimum Gasteiger partial charge on any atom is -0.466 e. The summed E-state index contributed by atoms with van der Waals surface area (Å²) in [6.07, 6.45) is 4.83. The monoisotopic (exact) mass is 528 g/mol. The fraction of sp³-hybridized carbons (Fsp3) is 0.913. The number of alkyl halides is 8. The molecule has 0 aromatic rings.